The first-order valence-corrected chi connectivity index (χ1v) is 8.03. The van der Waals surface area contributed by atoms with Crippen molar-refractivity contribution in [2.45, 2.75) is 33.7 Å². The summed E-state index contributed by atoms with van der Waals surface area (Å²) < 4.78 is 0. The highest BCUT2D eigenvalue weighted by molar-refractivity contribution is 7.18. The summed E-state index contributed by atoms with van der Waals surface area (Å²) in [6, 6.07) is 8.73. The Hall–Kier alpha value is -1.94. The minimum atomic E-state index is 0.782. The van der Waals surface area contributed by atoms with Crippen LogP contribution in [0.15, 0.2) is 30.6 Å². The van der Waals surface area contributed by atoms with E-state index in [4.69, 9.17) is 0 Å². The number of rotatable bonds is 4. The molecule has 0 aliphatic carbocycles. The van der Waals surface area contributed by atoms with Crippen molar-refractivity contribution in [3.63, 3.8) is 0 Å². The molecule has 3 nitrogen and oxygen atoms in total. The maximum Gasteiger partial charge on any atom is 0.138 e. The predicted octanol–water partition coefficient (Wildman–Crippen LogP) is 4.48. The standard InChI is InChI=1S/C17H19N3S/c1-4-13-5-7-14(8-6-13)9-18-16-15-11(2)12(3)21-17(15)20-10-19-16/h5-8,10H,4,9H2,1-3H3,(H,18,19,20). The van der Waals surface area contributed by atoms with Crippen molar-refractivity contribution in [3.05, 3.63) is 52.2 Å². The average Bonchev–Trinajstić information content (AvgIpc) is 2.81. The third-order valence-corrected chi connectivity index (χ3v) is 4.97. The number of benzene rings is 1. The molecule has 1 aromatic carbocycles. The molecule has 3 rings (SSSR count). The lowest BCUT2D eigenvalue weighted by Gasteiger charge is -2.08. The molecular formula is C17H19N3S. The zero-order valence-corrected chi connectivity index (χ0v) is 13.4. The molecule has 0 fully saturated rings. The number of aromatic nitrogens is 2. The van der Waals surface area contributed by atoms with Gasteiger partial charge < -0.3 is 5.32 Å². The van der Waals surface area contributed by atoms with Crippen molar-refractivity contribution in [2.24, 2.45) is 0 Å². The van der Waals surface area contributed by atoms with Crippen LogP contribution in [-0.2, 0) is 13.0 Å². The quantitative estimate of drug-likeness (QED) is 0.771. The number of hydrogen-bond acceptors (Lipinski definition) is 4. The van der Waals surface area contributed by atoms with Crippen molar-refractivity contribution in [1.82, 2.24) is 9.97 Å². The first-order valence-electron chi connectivity index (χ1n) is 7.21. The predicted molar refractivity (Wildman–Crippen MR) is 90.0 cm³/mol. The van der Waals surface area contributed by atoms with Crippen LogP contribution >= 0.6 is 11.3 Å². The molecule has 0 unspecified atom stereocenters. The number of aryl methyl sites for hydroxylation is 3. The van der Waals surface area contributed by atoms with Gasteiger partial charge in [0.15, 0.2) is 0 Å². The summed E-state index contributed by atoms with van der Waals surface area (Å²) in [6.07, 6.45) is 2.72. The highest BCUT2D eigenvalue weighted by Crippen LogP contribution is 2.32. The fourth-order valence-corrected chi connectivity index (χ4v) is 3.39. The van der Waals surface area contributed by atoms with Crippen molar-refractivity contribution >= 4 is 27.4 Å². The van der Waals surface area contributed by atoms with Crippen molar-refractivity contribution in [3.8, 4) is 0 Å². The van der Waals surface area contributed by atoms with E-state index < -0.39 is 0 Å². The van der Waals surface area contributed by atoms with Crippen LogP contribution in [0.3, 0.4) is 0 Å². The van der Waals surface area contributed by atoms with Gasteiger partial charge in [-0.05, 0) is 37.0 Å². The summed E-state index contributed by atoms with van der Waals surface area (Å²) in [5.74, 6) is 0.932. The molecule has 0 aliphatic rings. The monoisotopic (exact) mass is 297 g/mol. The van der Waals surface area contributed by atoms with Crippen LogP contribution < -0.4 is 5.32 Å². The molecule has 0 aliphatic heterocycles. The molecule has 0 amide bonds. The Kier molecular flexibility index (Phi) is 3.88. The van der Waals surface area contributed by atoms with E-state index >= 15 is 0 Å². The molecule has 0 atom stereocenters. The largest absolute Gasteiger partial charge is 0.365 e. The zero-order chi connectivity index (χ0) is 14.8. The van der Waals surface area contributed by atoms with Crippen LogP contribution in [0.1, 0.15) is 28.5 Å². The summed E-state index contributed by atoms with van der Waals surface area (Å²) in [6.45, 7) is 7.23. The summed E-state index contributed by atoms with van der Waals surface area (Å²) in [4.78, 5) is 11.1. The van der Waals surface area contributed by atoms with Crippen LogP contribution in [0.2, 0.25) is 0 Å². The molecule has 0 bridgehead atoms. The molecule has 2 heterocycles. The number of fused-ring (bicyclic) bond motifs is 1. The van der Waals surface area contributed by atoms with E-state index in [1.54, 1.807) is 17.7 Å². The lowest BCUT2D eigenvalue weighted by atomic mass is 10.1. The van der Waals surface area contributed by atoms with E-state index in [0.29, 0.717) is 0 Å². The summed E-state index contributed by atoms with van der Waals surface area (Å²) in [5.41, 5.74) is 3.91. The third kappa shape index (κ3) is 2.76. The van der Waals surface area contributed by atoms with Gasteiger partial charge >= 0.3 is 0 Å². The number of anilines is 1. The third-order valence-electron chi connectivity index (χ3n) is 3.86. The van der Waals surface area contributed by atoms with E-state index in [0.717, 1.165) is 29.0 Å². The van der Waals surface area contributed by atoms with E-state index in [1.165, 1.54) is 21.6 Å². The van der Waals surface area contributed by atoms with Gasteiger partial charge in [-0.1, -0.05) is 31.2 Å². The topological polar surface area (TPSA) is 37.8 Å². The maximum absolute atomic E-state index is 4.41. The molecule has 0 radical (unpaired) electrons. The summed E-state index contributed by atoms with van der Waals surface area (Å²) in [5, 5.41) is 4.61. The van der Waals surface area contributed by atoms with E-state index in [9.17, 15) is 0 Å². The van der Waals surface area contributed by atoms with Gasteiger partial charge in [0.2, 0.25) is 0 Å². The fraction of sp³-hybridized carbons (Fsp3) is 0.294. The molecular weight excluding hydrogens is 278 g/mol. The minimum absolute atomic E-state index is 0.782. The second-order valence-corrected chi connectivity index (χ2v) is 6.41. The SMILES string of the molecule is CCc1ccc(CNc2ncnc3sc(C)c(C)c23)cc1. The second kappa shape index (κ2) is 5.82. The molecule has 3 aromatic rings. The van der Waals surface area contributed by atoms with E-state index in [1.807, 2.05) is 0 Å². The second-order valence-electron chi connectivity index (χ2n) is 5.21. The smallest absolute Gasteiger partial charge is 0.138 e. The van der Waals surface area contributed by atoms with Crippen LogP contribution in [-0.4, -0.2) is 9.97 Å². The Morgan fingerprint density at radius 3 is 2.48 bits per heavy atom. The van der Waals surface area contributed by atoms with Crippen LogP contribution in [0.5, 0.6) is 0 Å². The molecule has 21 heavy (non-hydrogen) atoms. The van der Waals surface area contributed by atoms with Crippen LogP contribution in [0.25, 0.3) is 10.2 Å². The normalized spacial score (nSPS) is 11.0. The Morgan fingerprint density at radius 1 is 1.05 bits per heavy atom. The fourth-order valence-electron chi connectivity index (χ4n) is 2.40. The van der Waals surface area contributed by atoms with Crippen LogP contribution in [0.4, 0.5) is 5.82 Å². The van der Waals surface area contributed by atoms with E-state index in [2.05, 4.69) is 60.3 Å². The van der Waals surface area contributed by atoms with Crippen LogP contribution in [0, 0.1) is 13.8 Å². The lowest BCUT2D eigenvalue weighted by Crippen LogP contribution is -2.02. The lowest BCUT2D eigenvalue weighted by molar-refractivity contribution is 1.09. The summed E-state index contributed by atoms with van der Waals surface area (Å²) in [7, 11) is 0. The highest BCUT2D eigenvalue weighted by atomic mass is 32.1. The van der Waals surface area contributed by atoms with Crippen molar-refractivity contribution < 1.29 is 0 Å². The van der Waals surface area contributed by atoms with Gasteiger partial charge in [0.05, 0.1) is 5.39 Å². The van der Waals surface area contributed by atoms with Gasteiger partial charge in [-0.25, -0.2) is 9.97 Å². The van der Waals surface area contributed by atoms with Gasteiger partial charge in [-0.2, -0.15) is 0 Å². The Balaban J connectivity index is 1.84. The number of nitrogens with one attached hydrogen (secondary N) is 1. The van der Waals surface area contributed by atoms with E-state index in [-0.39, 0.29) is 0 Å². The first-order chi connectivity index (χ1) is 10.2. The van der Waals surface area contributed by atoms with Gasteiger partial charge in [-0.15, -0.1) is 11.3 Å². The van der Waals surface area contributed by atoms with Crippen molar-refractivity contribution in [1.29, 1.82) is 0 Å². The highest BCUT2D eigenvalue weighted by Gasteiger charge is 2.11. The Bertz CT molecular complexity index is 760. The van der Waals surface area contributed by atoms with Gasteiger partial charge in [0, 0.05) is 11.4 Å². The van der Waals surface area contributed by atoms with Gasteiger partial charge in [0.25, 0.3) is 0 Å². The number of nitrogens with zero attached hydrogens (tertiary/aromatic N) is 2. The average molecular weight is 297 g/mol. The Labute approximate surface area is 129 Å². The molecule has 0 spiro atoms. The molecule has 0 saturated heterocycles. The number of hydrogen-bond donors (Lipinski definition) is 1. The zero-order valence-electron chi connectivity index (χ0n) is 12.6. The molecule has 1 N–H and O–H groups in total. The van der Waals surface area contributed by atoms with Crippen molar-refractivity contribution in [2.75, 3.05) is 5.32 Å². The van der Waals surface area contributed by atoms with Gasteiger partial charge in [0.1, 0.15) is 17.0 Å². The molecule has 4 heteroatoms. The maximum atomic E-state index is 4.41. The minimum Gasteiger partial charge on any atom is -0.365 e. The molecule has 2 aromatic heterocycles. The number of thiophene rings is 1. The Morgan fingerprint density at radius 2 is 1.76 bits per heavy atom. The summed E-state index contributed by atoms with van der Waals surface area (Å²) >= 11 is 1.73. The molecule has 108 valence electrons. The molecule has 0 saturated carbocycles. The first kappa shape index (κ1) is 14.0. The van der Waals surface area contributed by atoms with Gasteiger partial charge in [-0.3, -0.25) is 0 Å².